The normalized spacial score (nSPS) is 16.0. The van der Waals surface area contributed by atoms with Crippen LogP contribution >= 0.6 is 0 Å². The topological polar surface area (TPSA) is 84.8 Å². The molecule has 8 heteroatoms. The third-order valence-electron chi connectivity index (χ3n) is 7.29. The van der Waals surface area contributed by atoms with Crippen molar-refractivity contribution in [3.63, 3.8) is 0 Å². The summed E-state index contributed by atoms with van der Waals surface area (Å²) in [6.07, 6.45) is 4.63. The number of ether oxygens (including phenoxy) is 2. The minimum atomic E-state index is -1.18. The number of rotatable bonds is 9. The van der Waals surface area contributed by atoms with E-state index in [0.717, 1.165) is 37.2 Å². The van der Waals surface area contributed by atoms with Crippen LogP contribution in [0.25, 0.3) is 11.3 Å². The zero-order valence-corrected chi connectivity index (χ0v) is 24.3. The van der Waals surface area contributed by atoms with Gasteiger partial charge >= 0.3 is 5.97 Å². The molecule has 3 aromatic rings. The van der Waals surface area contributed by atoms with Gasteiger partial charge in [-0.15, -0.1) is 0 Å². The molecule has 1 aliphatic rings. The van der Waals surface area contributed by atoms with E-state index >= 15 is 0 Å². The zero-order chi connectivity index (χ0) is 29.1. The van der Waals surface area contributed by atoms with Gasteiger partial charge in [0.05, 0.1) is 29.8 Å². The number of anilines is 1. The van der Waals surface area contributed by atoms with E-state index in [2.05, 4.69) is 28.7 Å². The van der Waals surface area contributed by atoms with E-state index in [-0.39, 0.29) is 11.2 Å². The summed E-state index contributed by atoms with van der Waals surface area (Å²) in [7, 11) is 0. The molecule has 3 heterocycles. The average Bonchev–Trinajstić information content (AvgIpc) is 2.88. The molecule has 40 heavy (non-hydrogen) atoms. The molecule has 0 amide bonds. The molecule has 2 aromatic heterocycles. The SMILES string of the molecule is Cc1ncc(-c2ccc(OCCc3ccccc3F)cn2)c(N2CCC(C)(C)CC2)c1[C@H](OC(C)(C)C)C(=O)O. The average molecular weight is 550 g/mol. The molecule has 4 rings (SSSR count). The standard InChI is InChI=1S/C32H40FN3O4/c1-21-27(29(30(37)38)40-31(2,3)4)28(36-16-14-32(5,6)15-17-36)24(20-34-21)26-12-11-23(19-35-26)39-18-13-22-9-7-8-10-25(22)33/h7-12,19-20,29H,13-18H2,1-6H3,(H,37,38)/t29-/m0/s1. The predicted molar refractivity (Wildman–Crippen MR) is 154 cm³/mol. The molecule has 1 fully saturated rings. The van der Waals surface area contributed by atoms with Crippen molar-refractivity contribution in [2.24, 2.45) is 5.41 Å². The Kier molecular flexibility index (Phi) is 8.78. The van der Waals surface area contributed by atoms with Crippen molar-refractivity contribution in [3.8, 4) is 17.0 Å². The number of piperidine rings is 1. The Hall–Kier alpha value is -3.52. The highest BCUT2D eigenvalue weighted by Gasteiger charge is 2.36. The number of halogens is 1. The fourth-order valence-electron chi connectivity index (χ4n) is 4.98. The van der Waals surface area contributed by atoms with Gasteiger partial charge in [-0.25, -0.2) is 9.18 Å². The molecule has 1 aliphatic heterocycles. The third kappa shape index (κ3) is 7.16. The minimum Gasteiger partial charge on any atom is -0.492 e. The largest absolute Gasteiger partial charge is 0.492 e. The number of hydrogen-bond acceptors (Lipinski definition) is 6. The quantitative estimate of drug-likeness (QED) is 0.315. The molecule has 0 radical (unpaired) electrons. The van der Waals surface area contributed by atoms with Crippen LogP contribution < -0.4 is 9.64 Å². The van der Waals surface area contributed by atoms with Crippen LogP contribution in [0.15, 0.2) is 48.8 Å². The molecule has 0 unspecified atom stereocenters. The molecule has 1 N–H and O–H groups in total. The maximum atomic E-state index is 13.9. The van der Waals surface area contributed by atoms with Crippen LogP contribution in [0.1, 0.15) is 70.4 Å². The summed E-state index contributed by atoms with van der Waals surface area (Å²) in [5, 5.41) is 10.3. The van der Waals surface area contributed by atoms with Gasteiger partial charge in [0.2, 0.25) is 0 Å². The number of benzene rings is 1. The van der Waals surface area contributed by atoms with Crippen LogP contribution in [0.4, 0.5) is 10.1 Å². The summed E-state index contributed by atoms with van der Waals surface area (Å²) < 4.78 is 25.9. The van der Waals surface area contributed by atoms with Crippen molar-refractivity contribution in [3.05, 3.63) is 71.4 Å². The number of hydrogen-bond donors (Lipinski definition) is 1. The van der Waals surface area contributed by atoms with Crippen LogP contribution in [0.5, 0.6) is 5.75 Å². The van der Waals surface area contributed by atoms with Crippen molar-refractivity contribution >= 4 is 11.7 Å². The van der Waals surface area contributed by atoms with E-state index in [0.29, 0.717) is 41.3 Å². The fraction of sp³-hybridized carbons (Fsp3) is 0.469. The van der Waals surface area contributed by atoms with Crippen LogP contribution in [-0.4, -0.2) is 46.3 Å². The second kappa shape index (κ2) is 11.9. The first-order valence-corrected chi connectivity index (χ1v) is 13.8. The molecule has 1 atom stereocenters. The van der Waals surface area contributed by atoms with E-state index in [1.807, 2.05) is 39.8 Å². The van der Waals surface area contributed by atoms with Gasteiger partial charge in [0, 0.05) is 42.5 Å². The highest BCUT2D eigenvalue weighted by atomic mass is 19.1. The maximum absolute atomic E-state index is 13.9. The van der Waals surface area contributed by atoms with Gasteiger partial charge in [-0.2, -0.15) is 0 Å². The number of nitrogens with zero attached hydrogens (tertiary/aromatic N) is 3. The Morgan fingerprint density at radius 3 is 2.40 bits per heavy atom. The number of carboxylic acid groups (broad SMARTS) is 1. The molecule has 7 nitrogen and oxygen atoms in total. The van der Waals surface area contributed by atoms with E-state index < -0.39 is 17.7 Å². The van der Waals surface area contributed by atoms with Crippen LogP contribution in [0, 0.1) is 18.2 Å². The van der Waals surface area contributed by atoms with Gasteiger partial charge in [0.15, 0.2) is 6.10 Å². The zero-order valence-electron chi connectivity index (χ0n) is 24.3. The first-order valence-electron chi connectivity index (χ1n) is 13.8. The van der Waals surface area contributed by atoms with E-state index in [1.165, 1.54) is 6.07 Å². The summed E-state index contributed by atoms with van der Waals surface area (Å²) in [6.45, 7) is 13.8. The number of aliphatic carboxylic acids is 1. The highest BCUT2D eigenvalue weighted by molar-refractivity contribution is 5.85. The number of carboxylic acids is 1. The van der Waals surface area contributed by atoms with Crippen molar-refractivity contribution in [2.45, 2.75) is 72.5 Å². The van der Waals surface area contributed by atoms with Crippen LogP contribution in [0.3, 0.4) is 0 Å². The molecule has 0 aliphatic carbocycles. The second-order valence-electron chi connectivity index (χ2n) is 12.2. The maximum Gasteiger partial charge on any atom is 0.337 e. The lowest BCUT2D eigenvalue weighted by Crippen LogP contribution is -2.39. The molecule has 214 valence electrons. The molecule has 0 saturated carbocycles. The fourth-order valence-corrected chi connectivity index (χ4v) is 4.98. The number of carbonyl (C=O) groups is 1. The number of pyridine rings is 2. The van der Waals surface area contributed by atoms with Gasteiger partial charge in [-0.3, -0.25) is 9.97 Å². The van der Waals surface area contributed by atoms with E-state index in [1.54, 1.807) is 30.6 Å². The molecule has 0 spiro atoms. The number of aryl methyl sites for hydroxylation is 1. The van der Waals surface area contributed by atoms with Gasteiger partial charge in [-0.05, 0) is 69.7 Å². The second-order valence-corrected chi connectivity index (χ2v) is 12.2. The predicted octanol–water partition coefficient (Wildman–Crippen LogP) is 6.78. The van der Waals surface area contributed by atoms with Gasteiger partial charge in [0.1, 0.15) is 11.6 Å². The Labute approximate surface area is 236 Å². The van der Waals surface area contributed by atoms with Crippen molar-refractivity contribution in [1.82, 2.24) is 9.97 Å². The highest BCUT2D eigenvalue weighted by Crippen LogP contribution is 2.43. The Bertz CT molecular complexity index is 1320. The third-order valence-corrected chi connectivity index (χ3v) is 7.29. The summed E-state index contributed by atoms with van der Waals surface area (Å²) in [6, 6.07) is 10.3. The summed E-state index contributed by atoms with van der Waals surface area (Å²) >= 11 is 0. The van der Waals surface area contributed by atoms with Crippen molar-refractivity contribution in [1.29, 1.82) is 0 Å². The lowest BCUT2D eigenvalue weighted by Gasteiger charge is -2.40. The molecule has 1 aromatic carbocycles. The van der Waals surface area contributed by atoms with E-state index in [4.69, 9.17) is 9.47 Å². The lowest BCUT2D eigenvalue weighted by molar-refractivity contribution is -0.160. The lowest BCUT2D eigenvalue weighted by atomic mass is 9.82. The Morgan fingerprint density at radius 1 is 1.10 bits per heavy atom. The van der Waals surface area contributed by atoms with Gasteiger partial charge in [0.25, 0.3) is 0 Å². The Morgan fingerprint density at radius 2 is 1.80 bits per heavy atom. The van der Waals surface area contributed by atoms with Gasteiger partial charge in [-0.1, -0.05) is 32.0 Å². The molecule has 0 bridgehead atoms. The monoisotopic (exact) mass is 549 g/mol. The first-order chi connectivity index (χ1) is 18.8. The van der Waals surface area contributed by atoms with Crippen LogP contribution in [0.2, 0.25) is 0 Å². The number of aromatic nitrogens is 2. The minimum absolute atomic E-state index is 0.215. The molecule has 1 saturated heterocycles. The van der Waals surface area contributed by atoms with Crippen LogP contribution in [-0.2, 0) is 16.0 Å². The van der Waals surface area contributed by atoms with E-state index in [9.17, 15) is 14.3 Å². The van der Waals surface area contributed by atoms with Gasteiger partial charge < -0.3 is 19.5 Å². The molecular formula is C32H40FN3O4. The smallest absolute Gasteiger partial charge is 0.337 e. The molecular weight excluding hydrogens is 509 g/mol. The van der Waals surface area contributed by atoms with Crippen molar-refractivity contribution < 1.29 is 23.8 Å². The first kappa shape index (κ1) is 29.5. The Balaban J connectivity index is 1.68. The summed E-state index contributed by atoms with van der Waals surface area (Å²) in [5.41, 5.74) is 3.54. The van der Waals surface area contributed by atoms with Crippen molar-refractivity contribution in [2.75, 3.05) is 24.6 Å². The summed E-state index contributed by atoms with van der Waals surface area (Å²) in [4.78, 5) is 24.1. The summed E-state index contributed by atoms with van der Waals surface area (Å²) in [5.74, 6) is -0.728.